The third kappa shape index (κ3) is 3.91. The molecule has 0 saturated carbocycles. The number of hydrogen-bond donors (Lipinski definition) is 3. The summed E-state index contributed by atoms with van der Waals surface area (Å²) in [5.74, 6) is 0.601. The van der Waals surface area contributed by atoms with Crippen LogP contribution in [-0.2, 0) is 14.4 Å². The van der Waals surface area contributed by atoms with Crippen LogP contribution in [0.15, 0.2) is 24.3 Å². The van der Waals surface area contributed by atoms with Crippen LogP contribution in [0.5, 0.6) is 0 Å². The summed E-state index contributed by atoms with van der Waals surface area (Å²) in [7, 11) is -2.64. The number of benzene rings is 1. The van der Waals surface area contributed by atoms with Crippen LogP contribution in [0.4, 0.5) is 5.69 Å². The maximum atomic E-state index is 11.4. The maximum Gasteiger partial charge on any atom is 0.216 e. The van der Waals surface area contributed by atoms with Gasteiger partial charge in [-0.3, -0.25) is 0 Å². The van der Waals surface area contributed by atoms with Gasteiger partial charge in [0.25, 0.3) is 0 Å². The molecule has 98 valence electrons. The smallest absolute Gasteiger partial charge is 0.216 e. The van der Waals surface area contributed by atoms with Crippen LogP contribution in [0.25, 0.3) is 0 Å². The molecule has 1 fully saturated rings. The van der Waals surface area contributed by atoms with Gasteiger partial charge >= 0.3 is 0 Å². The number of rotatable bonds is 2. The molecule has 2 rings (SSSR count). The molecular formula is C11H14ClN2O2S2+. The largest absolute Gasteiger partial charge is 0.355 e. The van der Waals surface area contributed by atoms with Crippen molar-refractivity contribution in [3.05, 3.63) is 29.3 Å². The van der Waals surface area contributed by atoms with E-state index in [1.165, 1.54) is 0 Å². The number of halogens is 1. The van der Waals surface area contributed by atoms with Crippen molar-refractivity contribution in [2.24, 2.45) is 0 Å². The van der Waals surface area contributed by atoms with Crippen molar-refractivity contribution >= 4 is 44.8 Å². The van der Waals surface area contributed by atoms with Crippen LogP contribution in [0.1, 0.15) is 6.42 Å². The summed E-state index contributed by atoms with van der Waals surface area (Å²) >= 11 is 10.9. The average molecular weight is 306 g/mol. The molecule has 0 aliphatic carbocycles. The highest BCUT2D eigenvalue weighted by molar-refractivity contribution is 7.98. The second-order valence-electron chi connectivity index (χ2n) is 4.23. The van der Waals surface area contributed by atoms with E-state index in [2.05, 4.69) is 10.6 Å². The molecule has 1 saturated heterocycles. The zero-order valence-corrected chi connectivity index (χ0v) is 11.9. The summed E-state index contributed by atoms with van der Waals surface area (Å²) in [5, 5.41) is 7.18. The Kier molecular flexibility index (Phi) is 4.21. The average Bonchev–Trinajstić information content (AvgIpc) is 2.61. The van der Waals surface area contributed by atoms with E-state index < -0.39 is 10.2 Å². The number of hydrogen-bond acceptors (Lipinski definition) is 2. The molecule has 4 nitrogen and oxygen atoms in total. The van der Waals surface area contributed by atoms with Gasteiger partial charge in [-0.25, -0.2) is 0 Å². The van der Waals surface area contributed by atoms with Gasteiger partial charge < -0.3 is 10.6 Å². The number of thiocarbonyl (C=S) groups is 1. The Morgan fingerprint density at radius 1 is 1.44 bits per heavy atom. The summed E-state index contributed by atoms with van der Waals surface area (Å²) in [6.45, 7) is 0. The molecule has 18 heavy (non-hydrogen) atoms. The monoisotopic (exact) mass is 305 g/mol. The van der Waals surface area contributed by atoms with Crippen LogP contribution in [0, 0.1) is 0 Å². The van der Waals surface area contributed by atoms with E-state index in [1.807, 2.05) is 12.1 Å². The summed E-state index contributed by atoms with van der Waals surface area (Å²) in [4.78, 5) is 0. The highest BCUT2D eigenvalue weighted by Gasteiger charge is 2.38. The Morgan fingerprint density at radius 2 is 2.11 bits per heavy atom. The van der Waals surface area contributed by atoms with Crippen molar-refractivity contribution < 1.29 is 8.76 Å². The lowest BCUT2D eigenvalue weighted by Crippen LogP contribution is -2.38. The molecule has 1 aromatic rings. The van der Waals surface area contributed by atoms with Crippen LogP contribution in [-0.4, -0.2) is 27.2 Å². The summed E-state index contributed by atoms with van der Waals surface area (Å²) in [6, 6.07) is 7.14. The van der Waals surface area contributed by atoms with E-state index in [0.29, 0.717) is 22.3 Å². The quantitative estimate of drug-likeness (QED) is 0.578. The Morgan fingerprint density at radius 3 is 2.67 bits per heavy atom. The van der Waals surface area contributed by atoms with Crippen molar-refractivity contribution in [1.29, 1.82) is 0 Å². The minimum atomic E-state index is -2.64. The molecule has 7 heteroatoms. The fraction of sp³-hybridized carbons (Fsp3) is 0.364. The topological polar surface area (TPSA) is 61.4 Å². The van der Waals surface area contributed by atoms with Gasteiger partial charge in [-0.05, 0) is 36.5 Å². The number of anilines is 1. The molecule has 1 aliphatic heterocycles. The first-order valence-electron chi connectivity index (χ1n) is 5.50. The fourth-order valence-corrected chi connectivity index (χ4v) is 3.92. The van der Waals surface area contributed by atoms with Gasteiger partial charge in [0, 0.05) is 17.1 Å². The Labute approximate surface area is 117 Å². The predicted molar refractivity (Wildman–Crippen MR) is 79.6 cm³/mol. The third-order valence-electron chi connectivity index (χ3n) is 2.68. The van der Waals surface area contributed by atoms with Gasteiger partial charge in [-0.2, -0.15) is 4.55 Å². The molecular weight excluding hydrogens is 292 g/mol. The first kappa shape index (κ1) is 13.7. The van der Waals surface area contributed by atoms with Crippen molar-refractivity contribution in [3.63, 3.8) is 0 Å². The second kappa shape index (κ2) is 5.52. The van der Waals surface area contributed by atoms with Crippen molar-refractivity contribution in [3.8, 4) is 0 Å². The van der Waals surface area contributed by atoms with Crippen LogP contribution < -0.4 is 10.6 Å². The summed E-state index contributed by atoms with van der Waals surface area (Å²) < 4.78 is 20.8. The van der Waals surface area contributed by atoms with Gasteiger partial charge in [-0.15, -0.1) is 0 Å². The van der Waals surface area contributed by atoms with E-state index in [9.17, 15) is 8.76 Å². The Hall–Kier alpha value is -0.690. The summed E-state index contributed by atoms with van der Waals surface area (Å²) in [5.41, 5.74) is 0.833. The van der Waals surface area contributed by atoms with Crippen LogP contribution in [0.3, 0.4) is 0 Å². The van der Waals surface area contributed by atoms with Crippen molar-refractivity contribution in [2.75, 3.05) is 16.8 Å². The van der Waals surface area contributed by atoms with Crippen LogP contribution in [0.2, 0.25) is 5.02 Å². The standard InChI is InChI=1S/C11H13ClN2O2S2/c12-8-1-3-9(4-2-8)13-11(17)14-10-5-6-18(15,16)7-10/h1-4,10H,5-7H2,(H2-,13,14,15,16,17)/p+1/t10-/m1/s1. The molecule has 0 spiro atoms. The van der Waals surface area contributed by atoms with E-state index >= 15 is 0 Å². The molecule has 1 aromatic carbocycles. The van der Waals surface area contributed by atoms with Gasteiger partial charge in [0.2, 0.25) is 10.2 Å². The number of nitrogens with one attached hydrogen (secondary N) is 2. The molecule has 0 amide bonds. The van der Waals surface area contributed by atoms with Crippen molar-refractivity contribution in [1.82, 2.24) is 5.32 Å². The fourth-order valence-electron chi connectivity index (χ4n) is 1.81. The predicted octanol–water partition coefficient (Wildman–Crippen LogP) is 2.37. The van der Waals surface area contributed by atoms with Gasteiger partial charge in [0.1, 0.15) is 5.75 Å². The second-order valence-corrected chi connectivity index (χ2v) is 7.37. The van der Waals surface area contributed by atoms with Gasteiger partial charge in [0.05, 0.1) is 6.04 Å². The molecule has 0 aromatic heterocycles. The molecule has 1 unspecified atom stereocenters. The minimum Gasteiger partial charge on any atom is -0.355 e. The first-order chi connectivity index (χ1) is 8.44. The summed E-state index contributed by atoms with van der Waals surface area (Å²) in [6.07, 6.45) is 0.664. The van der Waals surface area contributed by atoms with Gasteiger partial charge in [-0.1, -0.05) is 15.8 Å². The van der Waals surface area contributed by atoms with Gasteiger partial charge in [0.15, 0.2) is 10.9 Å². The lowest BCUT2D eigenvalue weighted by Gasteiger charge is -2.13. The highest BCUT2D eigenvalue weighted by atomic mass is 35.5. The minimum absolute atomic E-state index is 0.0326. The maximum absolute atomic E-state index is 11.4. The van der Waals surface area contributed by atoms with E-state index in [0.717, 1.165) is 5.69 Å². The molecule has 1 heterocycles. The highest BCUT2D eigenvalue weighted by Crippen LogP contribution is 2.17. The molecule has 2 atom stereocenters. The zero-order chi connectivity index (χ0) is 13.2. The Bertz CT molecular complexity index is 492. The molecule has 0 radical (unpaired) electrons. The molecule has 3 N–H and O–H groups in total. The molecule has 1 aliphatic rings. The lowest BCUT2D eigenvalue weighted by atomic mass is 10.3. The van der Waals surface area contributed by atoms with E-state index in [4.69, 9.17) is 23.8 Å². The lowest BCUT2D eigenvalue weighted by molar-refractivity contribution is 0.502. The zero-order valence-electron chi connectivity index (χ0n) is 9.56. The third-order valence-corrected chi connectivity index (χ3v) is 4.95. The first-order valence-corrected chi connectivity index (χ1v) is 8.14. The Balaban J connectivity index is 1.86. The van der Waals surface area contributed by atoms with E-state index in [-0.39, 0.29) is 11.8 Å². The molecule has 0 bridgehead atoms. The SMILES string of the molecule is O=[S+]1(O)CC[C@@H](NC(=S)Nc2ccc(Cl)cc2)C1. The van der Waals surface area contributed by atoms with E-state index in [1.54, 1.807) is 12.1 Å². The van der Waals surface area contributed by atoms with Crippen molar-refractivity contribution in [2.45, 2.75) is 12.5 Å². The normalized spacial score (nSPS) is 26.9. The van der Waals surface area contributed by atoms with Crippen LogP contribution >= 0.6 is 23.8 Å².